The highest BCUT2D eigenvalue weighted by molar-refractivity contribution is 7.92. The summed E-state index contributed by atoms with van der Waals surface area (Å²) < 4.78 is 27.6. The summed E-state index contributed by atoms with van der Waals surface area (Å²) in [5.41, 5.74) is 0.00425. The minimum absolute atomic E-state index is 0.159. The number of rotatable bonds is 6. The van der Waals surface area contributed by atoms with E-state index in [1.807, 2.05) is 0 Å². The molecule has 114 valence electrons. The second kappa shape index (κ2) is 6.46. The van der Waals surface area contributed by atoms with Crippen molar-refractivity contribution in [3.8, 4) is 0 Å². The number of nitro groups is 1. The Morgan fingerprint density at radius 1 is 1.57 bits per heavy atom. The van der Waals surface area contributed by atoms with Gasteiger partial charge in [-0.25, -0.2) is 0 Å². The first-order chi connectivity index (χ1) is 9.95. The zero-order chi connectivity index (χ0) is 15.6. The third kappa shape index (κ3) is 3.20. The molecule has 2 aromatic rings. The third-order valence-electron chi connectivity index (χ3n) is 2.76. The molecule has 0 aliphatic heterocycles. The maximum atomic E-state index is 12.4. The molecular formula is C11H12ClFN4O3S. The van der Waals surface area contributed by atoms with Crippen LogP contribution >= 0.6 is 11.6 Å². The number of halogens is 2. The van der Waals surface area contributed by atoms with Gasteiger partial charge in [-0.15, -0.1) is 5.10 Å². The van der Waals surface area contributed by atoms with E-state index in [9.17, 15) is 19.1 Å². The van der Waals surface area contributed by atoms with E-state index in [0.717, 1.165) is 0 Å². The highest BCUT2D eigenvalue weighted by Gasteiger charge is 2.24. The minimum Gasteiger partial charge on any atom is -0.593 e. The van der Waals surface area contributed by atoms with Crippen molar-refractivity contribution in [1.82, 2.24) is 9.78 Å². The number of anilines is 1. The largest absolute Gasteiger partial charge is 0.593 e. The van der Waals surface area contributed by atoms with Gasteiger partial charge in [0, 0.05) is 12.6 Å². The lowest BCUT2D eigenvalue weighted by molar-refractivity contribution is -0.383. The molecule has 21 heavy (non-hydrogen) atoms. The molecule has 0 radical (unpaired) electrons. The molecule has 1 aromatic carbocycles. The highest BCUT2D eigenvalue weighted by Crippen LogP contribution is 2.36. The lowest BCUT2D eigenvalue weighted by Crippen LogP contribution is -2.11. The fourth-order valence-corrected chi connectivity index (χ4v) is 2.65. The first kappa shape index (κ1) is 15.8. The van der Waals surface area contributed by atoms with Gasteiger partial charge in [-0.05, 0) is 12.5 Å². The molecule has 0 spiro atoms. The molecule has 1 heterocycles. The van der Waals surface area contributed by atoms with Gasteiger partial charge in [0.1, 0.15) is 11.8 Å². The Hall–Kier alpha value is -1.58. The molecule has 0 aliphatic rings. The Bertz CT molecular complexity index is 679. The molecule has 0 fully saturated rings. The maximum absolute atomic E-state index is 12.4. The van der Waals surface area contributed by atoms with E-state index in [-0.39, 0.29) is 35.0 Å². The van der Waals surface area contributed by atoms with E-state index in [0.29, 0.717) is 5.39 Å². The Labute approximate surface area is 127 Å². The molecule has 10 heteroatoms. The van der Waals surface area contributed by atoms with Crippen LogP contribution in [0.5, 0.6) is 0 Å². The number of nitro benzene ring substituents is 1. The zero-order valence-corrected chi connectivity index (χ0v) is 12.6. The fraction of sp³-hybridized carbons (Fsp3) is 0.364. The summed E-state index contributed by atoms with van der Waals surface area (Å²) in [5.74, 6) is 0.179. The Morgan fingerprint density at radius 3 is 2.86 bits per heavy atom. The van der Waals surface area contributed by atoms with Crippen LogP contribution in [-0.2, 0) is 17.9 Å². The van der Waals surface area contributed by atoms with Crippen LogP contribution in [0, 0.1) is 10.1 Å². The van der Waals surface area contributed by atoms with Gasteiger partial charge in [-0.3, -0.25) is 19.2 Å². The predicted molar refractivity (Wildman–Crippen MR) is 79.7 cm³/mol. The first-order valence-corrected chi connectivity index (χ1v) is 7.88. The second-order valence-electron chi connectivity index (χ2n) is 4.22. The summed E-state index contributed by atoms with van der Waals surface area (Å²) >= 11 is 4.66. The number of alkyl halides is 1. The molecule has 0 saturated carbocycles. The SMILES string of the molecule is C[S+]([O-])Nc1nn(CCCF)c2c([N+](=O)[O-])ccc(Cl)c12. The molecule has 0 saturated heterocycles. The van der Waals surface area contributed by atoms with Crippen LogP contribution in [0.25, 0.3) is 10.9 Å². The molecule has 2 rings (SSSR count). The lowest BCUT2D eigenvalue weighted by atomic mass is 10.2. The normalized spacial score (nSPS) is 12.6. The second-order valence-corrected chi connectivity index (χ2v) is 5.74. The van der Waals surface area contributed by atoms with Gasteiger partial charge in [0.2, 0.25) is 5.82 Å². The Balaban J connectivity index is 2.70. The number of benzene rings is 1. The van der Waals surface area contributed by atoms with E-state index in [4.69, 9.17) is 11.6 Å². The summed E-state index contributed by atoms with van der Waals surface area (Å²) in [5, 5.41) is 15.8. The average Bonchev–Trinajstić information content (AvgIpc) is 2.75. The predicted octanol–water partition coefficient (Wildman–Crippen LogP) is 2.66. The number of fused-ring (bicyclic) bond motifs is 1. The summed E-state index contributed by atoms with van der Waals surface area (Å²) in [6.07, 6.45) is 1.56. The highest BCUT2D eigenvalue weighted by atomic mass is 35.5. The van der Waals surface area contributed by atoms with Crippen molar-refractivity contribution in [3.63, 3.8) is 0 Å². The molecule has 1 unspecified atom stereocenters. The summed E-state index contributed by atoms with van der Waals surface area (Å²) in [6.45, 7) is -0.412. The molecule has 1 aromatic heterocycles. The number of hydrogen-bond donors (Lipinski definition) is 1. The molecule has 1 atom stereocenters. The average molecular weight is 335 g/mol. The van der Waals surface area contributed by atoms with Gasteiger partial charge in [0.25, 0.3) is 5.69 Å². The fourth-order valence-electron chi connectivity index (χ4n) is 1.99. The van der Waals surface area contributed by atoms with E-state index < -0.39 is 23.0 Å². The number of nitrogens with zero attached hydrogens (tertiary/aromatic N) is 3. The van der Waals surface area contributed by atoms with Gasteiger partial charge < -0.3 is 4.55 Å². The minimum atomic E-state index is -1.42. The van der Waals surface area contributed by atoms with E-state index in [1.54, 1.807) is 0 Å². The van der Waals surface area contributed by atoms with Crippen molar-refractivity contribution in [2.75, 3.05) is 17.7 Å². The number of hydrogen-bond acceptors (Lipinski definition) is 5. The molecule has 0 amide bonds. The number of non-ortho nitro benzene ring substituents is 1. The number of aryl methyl sites for hydroxylation is 1. The van der Waals surface area contributed by atoms with Crippen LogP contribution < -0.4 is 4.72 Å². The maximum Gasteiger partial charge on any atom is 0.295 e. The standard InChI is InChI=1S/C11H12ClFN4O3S/c1-21(20)15-11-9-7(12)3-4-8(17(18)19)10(9)16(14-11)6-2-5-13/h3-4H,2,5-6H2,1H3,(H,14,15). The van der Waals surface area contributed by atoms with Crippen molar-refractivity contribution < 1.29 is 13.9 Å². The lowest BCUT2D eigenvalue weighted by Gasteiger charge is -2.04. The van der Waals surface area contributed by atoms with Crippen LogP contribution in [-0.4, -0.2) is 32.2 Å². The van der Waals surface area contributed by atoms with Crippen molar-refractivity contribution >= 4 is 45.4 Å². The third-order valence-corrected chi connectivity index (χ3v) is 3.56. The van der Waals surface area contributed by atoms with Gasteiger partial charge in [-0.1, -0.05) is 11.6 Å². The van der Waals surface area contributed by atoms with Crippen LogP contribution in [0.2, 0.25) is 5.02 Å². The molecule has 0 aliphatic carbocycles. The van der Waals surface area contributed by atoms with Gasteiger partial charge in [0.05, 0.1) is 33.4 Å². The monoisotopic (exact) mass is 334 g/mol. The Kier molecular flexibility index (Phi) is 4.86. The van der Waals surface area contributed by atoms with Crippen molar-refractivity contribution in [2.24, 2.45) is 0 Å². The first-order valence-electron chi connectivity index (χ1n) is 5.95. The topological polar surface area (TPSA) is 96.0 Å². The van der Waals surface area contributed by atoms with E-state index in [2.05, 4.69) is 9.82 Å². The molecule has 0 bridgehead atoms. The van der Waals surface area contributed by atoms with E-state index >= 15 is 0 Å². The van der Waals surface area contributed by atoms with Crippen molar-refractivity contribution in [1.29, 1.82) is 0 Å². The number of aromatic nitrogens is 2. The van der Waals surface area contributed by atoms with Gasteiger partial charge in [-0.2, -0.15) is 4.72 Å². The smallest absolute Gasteiger partial charge is 0.295 e. The molecular weight excluding hydrogens is 323 g/mol. The van der Waals surface area contributed by atoms with Crippen molar-refractivity contribution in [3.05, 3.63) is 27.3 Å². The van der Waals surface area contributed by atoms with Crippen LogP contribution in [0.3, 0.4) is 0 Å². The zero-order valence-electron chi connectivity index (χ0n) is 11.0. The summed E-state index contributed by atoms with van der Waals surface area (Å²) in [4.78, 5) is 10.6. The van der Waals surface area contributed by atoms with Crippen LogP contribution in [0.4, 0.5) is 15.9 Å². The summed E-state index contributed by atoms with van der Waals surface area (Å²) in [7, 11) is 0. The van der Waals surface area contributed by atoms with Crippen LogP contribution in [0.1, 0.15) is 6.42 Å². The quantitative estimate of drug-likeness (QED) is 0.497. The van der Waals surface area contributed by atoms with Gasteiger partial charge in [0.15, 0.2) is 0 Å². The van der Waals surface area contributed by atoms with Crippen LogP contribution in [0.15, 0.2) is 12.1 Å². The Morgan fingerprint density at radius 2 is 2.29 bits per heavy atom. The molecule has 1 N–H and O–H groups in total. The van der Waals surface area contributed by atoms with Gasteiger partial charge >= 0.3 is 0 Å². The molecule has 7 nitrogen and oxygen atoms in total. The number of nitrogens with one attached hydrogen (secondary N) is 1. The summed E-state index contributed by atoms with van der Waals surface area (Å²) in [6, 6.07) is 2.65. The van der Waals surface area contributed by atoms with E-state index in [1.165, 1.54) is 23.1 Å². The van der Waals surface area contributed by atoms with Crippen molar-refractivity contribution in [2.45, 2.75) is 13.0 Å².